The van der Waals surface area contributed by atoms with Gasteiger partial charge in [-0.3, -0.25) is 14.5 Å². The van der Waals surface area contributed by atoms with Crippen LogP contribution >= 0.6 is 11.3 Å². The quantitative estimate of drug-likeness (QED) is 0.799. The Bertz CT molecular complexity index is 838. The molecule has 3 heterocycles. The van der Waals surface area contributed by atoms with E-state index >= 15 is 0 Å². The van der Waals surface area contributed by atoms with E-state index in [0.717, 1.165) is 27.5 Å². The molecule has 0 saturated carbocycles. The van der Waals surface area contributed by atoms with E-state index in [9.17, 15) is 4.79 Å². The number of hydrogen-bond acceptors (Lipinski definition) is 5. The van der Waals surface area contributed by atoms with Crippen molar-refractivity contribution in [1.82, 2.24) is 25.1 Å². The molecular weight excluding hydrogens is 310 g/mol. The molecule has 1 N–H and O–H groups in total. The average molecular weight is 327 g/mol. The molecule has 118 valence electrons. The maximum absolute atomic E-state index is 12.3. The van der Waals surface area contributed by atoms with Crippen molar-refractivity contribution in [1.29, 1.82) is 0 Å². The van der Waals surface area contributed by atoms with E-state index in [1.165, 1.54) is 11.3 Å². The number of thiazole rings is 1. The number of aromatic nitrogens is 4. The number of nitrogens with one attached hydrogen (secondary N) is 1. The smallest absolute Gasteiger partial charge is 0.263 e. The number of pyridine rings is 1. The summed E-state index contributed by atoms with van der Waals surface area (Å²) in [5.41, 5.74) is 3.93. The molecule has 0 spiro atoms. The lowest BCUT2D eigenvalue weighted by Gasteiger charge is -2.02. The van der Waals surface area contributed by atoms with Gasteiger partial charge in [0.2, 0.25) is 0 Å². The second-order valence-corrected chi connectivity index (χ2v) is 6.27. The Morgan fingerprint density at radius 2 is 2.17 bits per heavy atom. The van der Waals surface area contributed by atoms with Crippen molar-refractivity contribution >= 4 is 17.2 Å². The summed E-state index contributed by atoms with van der Waals surface area (Å²) in [7, 11) is 1.90. The third-order valence-electron chi connectivity index (χ3n) is 3.63. The predicted octanol–water partition coefficient (Wildman–Crippen LogP) is 2.49. The van der Waals surface area contributed by atoms with E-state index in [1.807, 2.05) is 37.7 Å². The van der Waals surface area contributed by atoms with E-state index in [2.05, 4.69) is 20.4 Å². The van der Waals surface area contributed by atoms with Crippen LogP contribution in [0.15, 0.2) is 30.7 Å². The molecule has 0 bridgehead atoms. The highest BCUT2D eigenvalue weighted by Gasteiger charge is 2.17. The molecule has 0 atom stereocenters. The molecule has 0 aliphatic rings. The molecule has 3 aromatic heterocycles. The molecule has 0 unspecified atom stereocenters. The molecular formula is C16H17N5OS. The Labute approximate surface area is 138 Å². The van der Waals surface area contributed by atoms with Crippen molar-refractivity contribution in [3.63, 3.8) is 0 Å². The Kier molecular flexibility index (Phi) is 4.20. The van der Waals surface area contributed by atoms with E-state index in [4.69, 9.17) is 0 Å². The maximum atomic E-state index is 12.3. The molecule has 0 aliphatic heterocycles. The van der Waals surface area contributed by atoms with Crippen molar-refractivity contribution in [2.45, 2.75) is 20.4 Å². The number of carbonyl (C=O) groups is 1. The summed E-state index contributed by atoms with van der Waals surface area (Å²) in [6.07, 6.45) is 5.06. The van der Waals surface area contributed by atoms with Crippen LogP contribution in [-0.4, -0.2) is 25.7 Å². The summed E-state index contributed by atoms with van der Waals surface area (Å²) in [4.78, 5) is 21.3. The summed E-state index contributed by atoms with van der Waals surface area (Å²) in [5, 5.41) is 8.10. The minimum atomic E-state index is -0.128. The van der Waals surface area contributed by atoms with Gasteiger partial charge in [0.25, 0.3) is 5.91 Å². The Morgan fingerprint density at radius 1 is 1.35 bits per heavy atom. The maximum Gasteiger partial charge on any atom is 0.263 e. The van der Waals surface area contributed by atoms with Gasteiger partial charge in [0.1, 0.15) is 9.88 Å². The molecule has 23 heavy (non-hydrogen) atoms. The molecule has 1 amide bonds. The molecule has 7 heteroatoms. The molecule has 0 fully saturated rings. The number of amides is 1. The van der Waals surface area contributed by atoms with E-state index in [0.29, 0.717) is 11.4 Å². The van der Waals surface area contributed by atoms with Gasteiger partial charge in [-0.15, -0.1) is 11.3 Å². The first kappa shape index (κ1) is 15.4. The van der Waals surface area contributed by atoms with Gasteiger partial charge in [-0.2, -0.15) is 5.10 Å². The zero-order valence-corrected chi connectivity index (χ0v) is 14.0. The zero-order valence-electron chi connectivity index (χ0n) is 13.2. The highest BCUT2D eigenvalue weighted by molar-refractivity contribution is 7.16. The van der Waals surface area contributed by atoms with E-state index < -0.39 is 0 Å². The topological polar surface area (TPSA) is 72.7 Å². The fourth-order valence-electron chi connectivity index (χ4n) is 2.35. The van der Waals surface area contributed by atoms with Crippen molar-refractivity contribution in [3.05, 3.63) is 52.6 Å². The van der Waals surface area contributed by atoms with Gasteiger partial charge in [-0.1, -0.05) is 6.07 Å². The Balaban J connectivity index is 1.75. The van der Waals surface area contributed by atoms with Crippen molar-refractivity contribution in [2.24, 2.45) is 7.05 Å². The largest absolute Gasteiger partial charge is 0.347 e. The lowest BCUT2D eigenvalue weighted by atomic mass is 10.2. The fraction of sp³-hybridized carbons (Fsp3) is 0.250. The lowest BCUT2D eigenvalue weighted by molar-refractivity contribution is 0.0954. The Hall–Kier alpha value is -2.54. The second kappa shape index (κ2) is 6.29. The number of rotatable bonds is 4. The van der Waals surface area contributed by atoms with E-state index in [1.54, 1.807) is 18.6 Å². The van der Waals surface area contributed by atoms with Gasteiger partial charge in [-0.05, 0) is 25.5 Å². The monoisotopic (exact) mass is 327 g/mol. The lowest BCUT2D eigenvalue weighted by Crippen LogP contribution is -2.21. The minimum absolute atomic E-state index is 0.128. The van der Waals surface area contributed by atoms with Gasteiger partial charge in [-0.25, -0.2) is 4.98 Å². The van der Waals surface area contributed by atoms with Crippen LogP contribution in [0.3, 0.4) is 0 Å². The number of carbonyl (C=O) groups excluding carboxylic acids is 1. The molecule has 0 saturated heterocycles. The molecule has 3 aromatic rings. The molecule has 0 radical (unpaired) electrons. The van der Waals surface area contributed by atoms with Gasteiger partial charge in [0, 0.05) is 31.7 Å². The number of hydrogen-bond donors (Lipinski definition) is 1. The zero-order chi connectivity index (χ0) is 16.4. The second-order valence-electron chi connectivity index (χ2n) is 5.24. The predicted molar refractivity (Wildman–Crippen MR) is 89.2 cm³/mol. The standard InChI is InChI=1S/C16H17N5OS/c1-10-14(11(2)21(3)20-10)16-19-9-13(23-16)15(22)18-8-12-5-4-6-17-7-12/h4-7,9H,8H2,1-3H3,(H,18,22). The first-order valence-electron chi connectivity index (χ1n) is 7.19. The van der Waals surface area contributed by atoms with Crippen LogP contribution in [-0.2, 0) is 13.6 Å². The Morgan fingerprint density at radius 3 is 2.83 bits per heavy atom. The summed E-state index contributed by atoms with van der Waals surface area (Å²) >= 11 is 1.38. The molecule has 0 aliphatic carbocycles. The van der Waals surface area contributed by atoms with Crippen molar-refractivity contribution in [3.8, 4) is 10.6 Å². The molecule has 3 rings (SSSR count). The summed E-state index contributed by atoms with van der Waals surface area (Å²) < 4.78 is 1.83. The molecule has 0 aromatic carbocycles. The normalized spacial score (nSPS) is 10.7. The van der Waals surface area contributed by atoms with Gasteiger partial charge in [0.15, 0.2) is 0 Å². The van der Waals surface area contributed by atoms with Crippen molar-refractivity contribution in [2.75, 3.05) is 0 Å². The average Bonchev–Trinajstić information content (AvgIpc) is 3.11. The SMILES string of the molecule is Cc1nn(C)c(C)c1-c1ncc(C(=O)NCc2cccnc2)s1. The van der Waals surface area contributed by atoms with Crippen LogP contribution in [0.4, 0.5) is 0 Å². The van der Waals surface area contributed by atoms with Crippen molar-refractivity contribution < 1.29 is 4.79 Å². The third kappa shape index (κ3) is 3.14. The van der Waals surface area contributed by atoms with Crippen LogP contribution in [0.5, 0.6) is 0 Å². The first-order chi connectivity index (χ1) is 11.1. The van der Waals surface area contributed by atoms with Crippen LogP contribution in [0.1, 0.15) is 26.6 Å². The summed E-state index contributed by atoms with van der Waals surface area (Å²) in [6.45, 7) is 4.40. The van der Waals surface area contributed by atoms with Crippen LogP contribution < -0.4 is 5.32 Å². The van der Waals surface area contributed by atoms with Crippen LogP contribution in [0, 0.1) is 13.8 Å². The van der Waals surface area contributed by atoms with Gasteiger partial charge < -0.3 is 5.32 Å². The third-order valence-corrected chi connectivity index (χ3v) is 4.64. The summed E-state index contributed by atoms with van der Waals surface area (Å²) in [6, 6.07) is 3.77. The van der Waals surface area contributed by atoms with E-state index in [-0.39, 0.29) is 5.91 Å². The summed E-state index contributed by atoms with van der Waals surface area (Å²) in [5.74, 6) is -0.128. The van der Waals surface area contributed by atoms with Gasteiger partial charge >= 0.3 is 0 Å². The highest BCUT2D eigenvalue weighted by atomic mass is 32.1. The van der Waals surface area contributed by atoms with Crippen LogP contribution in [0.2, 0.25) is 0 Å². The minimum Gasteiger partial charge on any atom is -0.347 e. The highest BCUT2D eigenvalue weighted by Crippen LogP contribution is 2.30. The first-order valence-corrected chi connectivity index (χ1v) is 8.01. The van der Waals surface area contributed by atoms with Crippen LogP contribution in [0.25, 0.3) is 10.6 Å². The number of aryl methyl sites for hydroxylation is 2. The number of nitrogens with zero attached hydrogens (tertiary/aromatic N) is 4. The fourth-order valence-corrected chi connectivity index (χ4v) is 3.33. The molecule has 6 nitrogen and oxygen atoms in total. The van der Waals surface area contributed by atoms with Gasteiger partial charge in [0.05, 0.1) is 17.5 Å².